The number of benzene rings is 1. The molecule has 1 aromatic carbocycles. The van der Waals surface area contributed by atoms with Crippen LogP contribution in [0.3, 0.4) is 0 Å². The van der Waals surface area contributed by atoms with Crippen molar-refractivity contribution in [1.82, 2.24) is 4.57 Å². The zero-order valence-corrected chi connectivity index (χ0v) is 11.0. The Hall–Kier alpha value is -2.51. The van der Waals surface area contributed by atoms with Gasteiger partial charge >= 0.3 is 0 Å². The van der Waals surface area contributed by atoms with Gasteiger partial charge in [-0.3, -0.25) is 4.79 Å². The van der Waals surface area contributed by atoms with Crippen LogP contribution in [-0.4, -0.2) is 22.9 Å². The second-order valence-electron chi connectivity index (χ2n) is 4.07. The Balaban J connectivity index is 1.94. The number of aliphatic hydroxyl groups is 1. The minimum absolute atomic E-state index is 0.0429. The molecule has 102 valence electrons. The van der Waals surface area contributed by atoms with Gasteiger partial charge in [-0.15, -0.1) is 0 Å². The number of aromatic nitrogens is 1. The van der Waals surface area contributed by atoms with Crippen molar-refractivity contribution < 1.29 is 9.84 Å². The lowest BCUT2D eigenvalue weighted by atomic mass is 10.2. The molecule has 0 aliphatic rings. The quantitative estimate of drug-likeness (QED) is 0.850. The van der Waals surface area contributed by atoms with Gasteiger partial charge in [0.2, 0.25) is 0 Å². The highest BCUT2D eigenvalue weighted by atomic mass is 16.5. The summed E-state index contributed by atoms with van der Waals surface area (Å²) in [5.41, 5.74) is 0.743. The molecule has 0 unspecified atom stereocenters. The Morgan fingerprint density at radius 3 is 2.90 bits per heavy atom. The number of rotatable bonds is 4. The standard InChI is InChI=1S/C16H15NO3/c18-11-4-6-14-5-3-7-15(13-14)20-12-10-17-9-2-1-8-16(17)19/h1-3,5,7-9,13,18H,10-12H2. The van der Waals surface area contributed by atoms with E-state index >= 15 is 0 Å². The van der Waals surface area contributed by atoms with Gasteiger partial charge in [0.25, 0.3) is 5.56 Å². The van der Waals surface area contributed by atoms with Crippen LogP contribution in [0.4, 0.5) is 0 Å². The second kappa shape index (κ2) is 7.17. The Morgan fingerprint density at radius 1 is 1.20 bits per heavy atom. The predicted molar refractivity (Wildman–Crippen MR) is 76.6 cm³/mol. The molecule has 0 bridgehead atoms. The molecule has 0 amide bonds. The average Bonchev–Trinajstić information content (AvgIpc) is 2.48. The third-order valence-electron chi connectivity index (χ3n) is 2.65. The molecule has 0 saturated carbocycles. The van der Waals surface area contributed by atoms with Gasteiger partial charge in [0.05, 0.1) is 6.54 Å². The average molecular weight is 269 g/mol. The maximum atomic E-state index is 11.5. The number of nitrogens with zero attached hydrogens (tertiary/aromatic N) is 1. The van der Waals surface area contributed by atoms with E-state index in [0.29, 0.717) is 18.9 Å². The molecule has 20 heavy (non-hydrogen) atoms. The minimum atomic E-state index is -0.165. The van der Waals surface area contributed by atoms with Gasteiger partial charge in [0.1, 0.15) is 19.0 Å². The van der Waals surface area contributed by atoms with Gasteiger partial charge in [-0.05, 0) is 24.3 Å². The first kappa shape index (κ1) is 13.9. The Morgan fingerprint density at radius 2 is 2.10 bits per heavy atom. The van der Waals surface area contributed by atoms with Crippen LogP contribution in [0, 0.1) is 11.8 Å². The van der Waals surface area contributed by atoms with Crippen LogP contribution in [0.2, 0.25) is 0 Å². The van der Waals surface area contributed by atoms with E-state index in [1.807, 2.05) is 24.3 Å². The Bertz CT molecular complexity index is 680. The third-order valence-corrected chi connectivity index (χ3v) is 2.65. The number of hydrogen-bond donors (Lipinski definition) is 1. The van der Waals surface area contributed by atoms with E-state index in [0.717, 1.165) is 5.56 Å². The van der Waals surface area contributed by atoms with Crippen LogP contribution in [0.15, 0.2) is 53.5 Å². The summed E-state index contributed by atoms with van der Waals surface area (Å²) in [6.07, 6.45) is 1.73. The SMILES string of the molecule is O=c1ccccn1CCOc1cccc(C#CCO)c1. The first-order chi connectivity index (χ1) is 9.79. The fourth-order valence-corrected chi connectivity index (χ4v) is 1.71. The summed E-state index contributed by atoms with van der Waals surface area (Å²) in [5, 5.41) is 8.65. The predicted octanol–water partition coefficient (Wildman–Crippen LogP) is 1.27. The number of aliphatic hydroxyl groups excluding tert-OH is 1. The molecular formula is C16H15NO3. The van der Waals surface area contributed by atoms with Crippen molar-refractivity contribution in [3.63, 3.8) is 0 Å². The molecule has 0 aliphatic carbocycles. The Labute approximate surface area is 117 Å². The fourth-order valence-electron chi connectivity index (χ4n) is 1.71. The first-order valence-corrected chi connectivity index (χ1v) is 6.27. The lowest BCUT2D eigenvalue weighted by Gasteiger charge is -2.08. The van der Waals surface area contributed by atoms with Crippen LogP contribution < -0.4 is 10.3 Å². The van der Waals surface area contributed by atoms with Gasteiger partial charge < -0.3 is 14.4 Å². The fraction of sp³-hybridized carbons (Fsp3) is 0.188. The summed E-state index contributed by atoms with van der Waals surface area (Å²) in [6.45, 7) is 0.731. The van der Waals surface area contributed by atoms with Crippen molar-refractivity contribution in [3.05, 3.63) is 64.6 Å². The molecule has 0 radical (unpaired) electrons. The highest BCUT2D eigenvalue weighted by Gasteiger charge is 1.97. The van der Waals surface area contributed by atoms with Crippen molar-refractivity contribution in [2.24, 2.45) is 0 Å². The third kappa shape index (κ3) is 4.01. The van der Waals surface area contributed by atoms with Crippen LogP contribution in [0.1, 0.15) is 5.56 Å². The lowest BCUT2D eigenvalue weighted by molar-refractivity contribution is 0.296. The highest BCUT2D eigenvalue weighted by molar-refractivity contribution is 5.39. The van der Waals surface area contributed by atoms with E-state index in [2.05, 4.69) is 11.8 Å². The lowest BCUT2D eigenvalue weighted by Crippen LogP contribution is -2.21. The zero-order valence-electron chi connectivity index (χ0n) is 11.0. The van der Waals surface area contributed by atoms with Crippen LogP contribution >= 0.6 is 0 Å². The number of hydrogen-bond acceptors (Lipinski definition) is 3. The van der Waals surface area contributed by atoms with E-state index in [4.69, 9.17) is 9.84 Å². The summed E-state index contributed by atoms with van der Waals surface area (Å²) in [5.74, 6) is 6.10. The molecule has 1 heterocycles. The summed E-state index contributed by atoms with van der Waals surface area (Å²) >= 11 is 0. The van der Waals surface area contributed by atoms with Gasteiger partial charge in [0.15, 0.2) is 0 Å². The van der Waals surface area contributed by atoms with Gasteiger partial charge in [-0.1, -0.05) is 24.0 Å². The number of ether oxygens (including phenoxy) is 1. The summed E-state index contributed by atoms with van der Waals surface area (Å²) in [7, 11) is 0. The van der Waals surface area contributed by atoms with Crippen molar-refractivity contribution >= 4 is 0 Å². The molecule has 0 fully saturated rings. The summed E-state index contributed by atoms with van der Waals surface area (Å²) in [6, 6.07) is 12.4. The molecule has 4 heteroatoms. The van der Waals surface area contributed by atoms with E-state index < -0.39 is 0 Å². The summed E-state index contributed by atoms with van der Waals surface area (Å²) in [4.78, 5) is 11.5. The van der Waals surface area contributed by atoms with Crippen molar-refractivity contribution in [2.45, 2.75) is 6.54 Å². The van der Waals surface area contributed by atoms with Crippen LogP contribution in [0.25, 0.3) is 0 Å². The maximum Gasteiger partial charge on any atom is 0.250 e. The highest BCUT2D eigenvalue weighted by Crippen LogP contribution is 2.12. The molecule has 0 spiro atoms. The van der Waals surface area contributed by atoms with Crippen molar-refractivity contribution in [3.8, 4) is 17.6 Å². The van der Waals surface area contributed by atoms with Crippen molar-refractivity contribution in [2.75, 3.05) is 13.2 Å². The molecule has 2 aromatic rings. The molecule has 0 saturated heterocycles. The minimum Gasteiger partial charge on any atom is -0.492 e. The van der Waals surface area contributed by atoms with E-state index in [-0.39, 0.29) is 12.2 Å². The topological polar surface area (TPSA) is 51.5 Å². The first-order valence-electron chi connectivity index (χ1n) is 6.27. The van der Waals surface area contributed by atoms with Crippen LogP contribution in [-0.2, 0) is 6.54 Å². The van der Waals surface area contributed by atoms with Gasteiger partial charge in [-0.25, -0.2) is 0 Å². The van der Waals surface area contributed by atoms with Crippen molar-refractivity contribution in [1.29, 1.82) is 0 Å². The largest absolute Gasteiger partial charge is 0.492 e. The summed E-state index contributed by atoms with van der Waals surface area (Å²) < 4.78 is 7.19. The van der Waals surface area contributed by atoms with Gasteiger partial charge in [0, 0.05) is 17.8 Å². The molecule has 2 rings (SSSR count). The zero-order chi connectivity index (χ0) is 14.2. The normalized spacial score (nSPS) is 9.65. The van der Waals surface area contributed by atoms with Gasteiger partial charge in [-0.2, -0.15) is 0 Å². The second-order valence-corrected chi connectivity index (χ2v) is 4.07. The molecule has 1 aromatic heterocycles. The Kier molecular flexibility index (Phi) is 4.99. The van der Waals surface area contributed by atoms with Crippen LogP contribution in [0.5, 0.6) is 5.75 Å². The van der Waals surface area contributed by atoms with E-state index in [1.54, 1.807) is 22.9 Å². The molecule has 0 aliphatic heterocycles. The molecular weight excluding hydrogens is 254 g/mol. The number of pyridine rings is 1. The van der Waals surface area contributed by atoms with E-state index in [1.165, 1.54) is 6.07 Å². The molecule has 0 atom stereocenters. The maximum absolute atomic E-state index is 11.5. The van der Waals surface area contributed by atoms with E-state index in [9.17, 15) is 4.79 Å². The molecule has 4 nitrogen and oxygen atoms in total. The molecule has 1 N–H and O–H groups in total. The smallest absolute Gasteiger partial charge is 0.250 e. The monoisotopic (exact) mass is 269 g/mol.